The Balaban J connectivity index is 3.40. The SMILES string of the molecule is FCc1c(Cl)cc(F)cc1C(F)(F)F. The third-order valence-corrected chi connectivity index (χ3v) is 1.94. The molecule has 0 aliphatic carbocycles. The predicted molar refractivity (Wildman–Crippen MR) is 41.2 cm³/mol. The molecule has 78 valence electrons. The van der Waals surface area contributed by atoms with Gasteiger partial charge in [0.15, 0.2) is 0 Å². The molecule has 14 heavy (non-hydrogen) atoms. The molecule has 0 aliphatic rings. The number of rotatable bonds is 1. The summed E-state index contributed by atoms with van der Waals surface area (Å²) in [5.41, 5.74) is -2.11. The van der Waals surface area contributed by atoms with Gasteiger partial charge in [-0.2, -0.15) is 13.2 Å². The average Bonchev–Trinajstić information content (AvgIpc) is 2.01. The topological polar surface area (TPSA) is 0 Å². The zero-order chi connectivity index (χ0) is 10.9. The Kier molecular flexibility index (Phi) is 2.99. The minimum atomic E-state index is -4.80. The number of hydrogen-bond donors (Lipinski definition) is 0. The predicted octanol–water partition coefficient (Wildman–Crippen LogP) is 3.97. The van der Waals surface area contributed by atoms with E-state index in [0.29, 0.717) is 6.07 Å². The molecule has 0 heterocycles. The first-order valence-electron chi connectivity index (χ1n) is 3.47. The average molecular weight is 231 g/mol. The Labute approximate surface area is 81.3 Å². The zero-order valence-corrected chi connectivity index (χ0v) is 7.39. The summed E-state index contributed by atoms with van der Waals surface area (Å²) in [6.45, 7) is -1.38. The molecule has 0 aliphatic heterocycles. The molecule has 0 radical (unpaired) electrons. The fourth-order valence-electron chi connectivity index (χ4n) is 0.992. The Hall–Kier alpha value is -0.840. The molecule has 0 nitrogen and oxygen atoms in total. The van der Waals surface area contributed by atoms with Crippen molar-refractivity contribution in [2.45, 2.75) is 12.9 Å². The third-order valence-electron chi connectivity index (χ3n) is 1.60. The summed E-state index contributed by atoms with van der Waals surface area (Å²) in [4.78, 5) is 0. The Morgan fingerprint density at radius 3 is 2.21 bits per heavy atom. The molecule has 0 saturated carbocycles. The van der Waals surface area contributed by atoms with E-state index in [1.807, 2.05) is 0 Å². The molecule has 0 aromatic heterocycles. The van der Waals surface area contributed by atoms with Gasteiger partial charge in [-0.15, -0.1) is 0 Å². The Bertz CT molecular complexity index is 344. The van der Waals surface area contributed by atoms with E-state index in [4.69, 9.17) is 11.6 Å². The molecule has 0 N–H and O–H groups in total. The van der Waals surface area contributed by atoms with Crippen LogP contribution in [0.25, 0.3) is 0 Å². The van der Waals surface area contributed by atoms with E-state index in [1.165, 1.54) is 0 Å². The van der Waals surface area contributed by atoms with Crippen molar-refractivity contribution in [3.63, 3.8) is 0 Å². The smallest absolute Gasteiger partial charge is 0.246 e. The monoisotopic (exact) mass is 230 g/mol. The first-order valence-corrected chi connectivity index (χ1v) is 3.85. The highest BCUT2D eigenvalue weighted by Crippen LogP contribution is 2.36. The fourth-order valence-corrected chi connectivity index (χ4v) is 1.25. The lowest BCUT2D eigenvalue weighted by Crippen LogP contribution is -2.09. The van der Waals surface area contributed by atoms with Gasteiger partial charge >= 0.3 is 6.18 Å². The van der Waals surface area contributed by atoms with Crippen LogP contribution in [0.4, 0.5) is 22.0 Å². The summed E-state index contributed by atoms with van der Waals surface area (Å²) < 4.78 is 61.4. The molecule has 0 fully saturated rings. The summed E-state index contributed by atoms with van der Waals surface area (Å²) in [5, 5.41) is -0.556. The van der Waals surface area contributed by atoms with Crippen molar-refractivity contribution in [2.24, 2.45) is 0 Å². The molecule has 0 unspecified atom stereocenters. The normalized spacial score (nSPS) is 11.9. The van der Waals surface area contributed by atoms with Gasteiger partial charge in [0.05, 0.1) is 5.56 Å². The van der Waals surface area contributed by atoms with Gasteiger partial charge in [-0.05, 0) is 12.1 Å². The highest BCUT2D eigenvalue weighted by Gasteiger charge is 2.34. The molecule has 0 saturated heterocycles. The van der Waals surface area contributed by atoms with Gasteiger partial charge in [0.2, 0.25) is 0 Å². The van der Waals surface area contributed by atoms with Crippen molar-refractivity contribution < 1.29 is 22.0 Å². The minimum absolute atomic E-state index is 0.223. The maximum absolute atomic E-state index is 12.6. The summed E-state index contributed by atoms with van der Waals surface area (Å²) in [5.74, 6) is -1.14. The van der Waals surface area contributed by atoms with Crippen LogP contribution >= 0.6 is 11.6 Å². The van der Waals surface area contributed by atoms with Crippen LogP contribution in [0.1, 0.15) is 11.1 Å². The van der Waals surface area contributed by atoms with Crippen LogP contribution in [0.3, 0.4) is 0 Å². The van der Waals surface area contributed by atoms with Crippen LogP contribution < -0.4 is 0 Å². The van der Waals surface area contributed by atoms with Gasteiger partial charge in [-0.1, -0.05) is 11.6 Å². The van der Waals surface area contributed by atoms with E-state index in [2.05, 4.69) is 0 Å². The molecule has 1 aromatic carbocycles. The van der Waals surface area contributed by atoms with Crippen LogP contribution in [-0.4, -0.2) is 0 Å². The first-order chi connectivity index (χ1) is 6.36. The van der Waals surface area contributed by atoms with Crippen LogP contribution in [0, 0.1) is 5.82 Å². The Morgan fingerprint density at radius 1 is 1.21 bits per heavy atom. The van der Waals surface area contributed by atoms with Gasteiger partial charge in [-0.3, -0.25) is 0 Å². The molecule has 6 heteroatoms. The van der Waals surface area contributed by atoms with E-state index >= 15 is 0 Å². The molecular weight excluding hydrogens is 227 g/mol. The van der Waals surface area contributed by atoms with Crippen molar-refractivity contribution in [3.8, 4) is 0 Å². The molecule has 1 rings (SSSR count). The highest BCUT2D eigenvalue weighted by atomic mass is 35.5. The van der Waals surface area contributed by atoms with Crippen LogP contribution in [0.15, 0.2) is 12.1 Å². The third kappa shape index (κ3) is 2.15. The molecule has 0 atom stereocenters. The Morgan fingerprint density at radius 2 is 1.79 bits per heavy atom. The van der Waals surface area contributed by atoms with Crippen LogP contribution in [0.5, 0.6) is 0 Å². The lowest BCUT2D eigenvalue weighted by atomic mass is 10.1. The van der Waals surface area contributed by atoms with Crippen molar-refractivity contribution in [3.05, 3.63) is 34.1 Å². The quantitative estimate of drug-likeness (QED) is 0.641. The number of halogens is 6. The lowest BCUT2D eigenvalue weighted by Gasteiger charge is -2.11. The molecule has 0 amide bonds. The van der Waals surface area contributed by atoms with Crippen molar-refractivity contribution in [2.75, 3.05) is 0 Å². The zero-order valence-electron chi connectivity index (χ0n) is 6.63. The minimum Gasteiger partial charge on any atom is -0.246 e. The van der Waals surface area contributed by atoms with E-state index < -0.39 is 34.8 Å². The largest absolute Gasteiger partial charge is 0.416 e. The van der Waals surface area contributed by atoms with Gasteiger partial charge in [-0.25, -0.2) is 8.78 Å². The summed E-state index contributed by atoms with van der Waals surface area (Å²) in [7, 11) is 0. The number of hydrogen-bond acceptors (Lipinski definition) is 0. The molecule has 1 aromatic rings. The second-order valence-corrected chi connectivity index (χ2v) is 2.95. The summed E-state index contributed by atoms with van der Waals surface area (Å²) >= 11 is 5.26. The summed E-state index contributed by atoms with van der Waals surface area (Å²) in [6, 6.07) is 0.868. The number of benzene rings is 1. The van der Waals surface area contributed by atoms with Crippen molar-refractivity contribution >= 4 is 11.6 Å². The highest BCUT2D eigenvalue weighted by molar-refractivity contribution is 6.31. The van der Waals surface area contributed by atoms with Crippen molar-refractivity contribution in [1.29, 1.82) is 0 Å². The fraction of sp³-hybridized carbons (Fsp3) is 0.250. The van der Waals surface area contributed by atoms with Gasteiger partial charge in [0.1, 0.15) is 12.5 Å². The standard InChI is InChI=1S/C8H4ClF5/c9-7-2-4(11)1-6(5(7)3-10)8(12,13)14/h1-2H,3H2. The maximum atomic E-state index is 12.6. The molecular formula is C8H4ClF5. The summed E-state index contributed by atoms with van der Waals surface area (Å²) in [6.07, 6.45) is -4.80. The first kappa shape index (κ1) is 11.2. The maximum Gasteiger partial charge on any atom is 0.416 e. The lowest BCUT2D eigenvalue weighted by molar-refractivity contribution is -0.138. The molecule has 0 spiro atoms. The number of alkyl halides is 4. The van der Waals surface area contributed by atoms with E-state index in [0.717, 1.165) is 0 Å². The van der Waals surface area contributed by atoms with Crippen LogP contribution in [0.2, 0.25) is 5.02 Å². The second-order valence-electron chi connectivity index (χ2n) is 2.55. The van der Waals surface area contributed by atoms with Crippen molar-refractivity contribution in [1.82, 2.24) is 0 Å². The second kappa shape index (κ2) is 3.73. The van der Waals surface area contributed by atoms with Gasteiger partial charge in [0.25, 0.3) is 0 Å². The van der Waals surface area contributed by atoms with Gasteiger partial charge < -0.3 is 0 Å². The molecule has 0 bridgehead atoms. The van der Waals surface area contributed by atoms with Gasteiger partial charge in [0, 0.05) is 10.6 Å². The van der Waals surface area contributed by atoms with Crippen LogP contribution in [-0.2, 0) is 12.9 Å². The van der Waals surface area contributed by atoms with E-state index in [1.54, 1.807) is 0 Å². The van der Waals surface area contributed by atoms with E-state index in [-0.39, 0.29) is 6.07 Å². The van der Waals surface area contributed by atoms with E-state index in [9.17, 15) is 22.0 Å².